The highest BCUT2D eigenvalue weighted by molar-refractivity contribution is 5.87. The number of rotatable bonds is 5. The Morgan fingerprint density at radius 1 is 1.03 bits per heavy atom. The standard InChI is InChI=1S/C27H32NO3/c1-25(18-11-7-5-8-12-18,19-13-9-6-10-14-19)24(29)30-20-15-21(28(2,3)4)26(16-20)17-27-22(26)23(27)31-27/h5-14,20-23H,15-17H2,1-4H3/q+1/t20-,21?,22?,23-,26?,27+/m0/s1. The highest BCUT2D eigenvalue weighted by Gasteiger charge is 2.98. The lowest BCUT2D eigenvalue weighted by Crippen LogP contribution is -2.59. The normalized spacial score (nSPS) is 37.5. The molecule has 3 saturated carbocycles. The van der Waals surface area contributed by atoms with Crippen LogP contribution in [0.25, 0.3) is 0 Å². The Morgan fingerprint density at radius 2 is 1.61 bits per heavy atom. The van der Waals surface area contributed by atoms with Crippen LogP contribution in [0.3, 0.4) is 0 Å². The average Bonchev–Trinajstić information content (AvgIpc) is 3.52. The third-order valence-corrected chi connectivity index (χ3v) is 8.79. The molecule has 2 aromatic rings. The largest absolute Gasteiger partial charge is 0.461 e. The summed E-state index contributed by atoms with van der Waals surface area (Å²) in [5.74, 6) is 0.555. The van der Waals surface area contributed by atoms with Gasteiger partial charge < -0.3 is 14.0 Å². The number of hydrogen-bond acceptors (Lipinski definition) is 3. The second kappa shape index (κ2) is 5.99. The molecule has 3 unspecified atom stereocenters. The van der Waals surface area contributed by atoms with Crippen LogP contribution in [0, 0.1) is 11.3 Å². The van der Waals surface area contributed by atoms with Crippen molar-refractivity contribution in [2.24, 2.45) is 11.3 Å². The first-order chi connectivity index (χ1) is 14.7. The number of carbonyl (C=O) groups excluding carboxylic acids is 1. The monoisotopic (exact) mass is 418 g/mol. The van der Waals surface area contributed by atoms with Gasteiger partial charge in [-0.15, -0.1) is 0 Å². The first-order valence-electron chi connectivity index (χ1n) is 11.5. The van der Waals surface area contributed by atoms with Crippen molar-refractivity contribution in [1.82, 2.24) is 0 Å². The highest BCUT2D eigenvalue weighted by Crippen LogP contribution is 2.87. The smallest absolute Gasteiger partial charge is 0.321 e. The van der Waals surface area contributed by atoms with Gasteiger partial charge in [0.1, 0.15) is 17.1 Å². The quantitative estimate of drug-likeness (QED) is 0.420. The van der Waals surface area contributed by atoms with E-state index in [1.54, 1.807) is 0 Å². The minimum atomic E-state index is -0.823. The summed E-state index contributed by atoms with van der Waals surface area (Å²) in [4.78, 5) is 13.8. The SMILES string of the molecule is CC(C(=O)O[C@H]1CC([N+](C)(C)C)C2(C1)C[C@]13O[C@H]1C23)(c1ccccc1)c1ccccc1. The predicted molar refractivity (Wildman–Crippen MR) is 118 cm³/mol. The topological polar surface area (TPSA) is 38.8 Å². The van der Waals surface area contributed by atoms with Crippen molar-refractivity contribution in [3.05, 3.63) is 71.8 Å². The number of benzene rings is 2. The maximum absolute atomic E-state index is 13.8. The van der Waals surface area contributed by atoms with Gasteiger partial charge >= 0.3 is 5.97 Å². The van der Waals surface area contributed by atoms with E-state index in [2.05, 4.69) is 21.1 Å². The molecule has 1 aliphatic heterocycles. The summed E-state index contributed by atoms with van der Waals surface area (Å²) < 4.78 is 13.1. The lowest BCUT2D eigenvalue weighted by atomic mass is 9.62. The Bertz CT molecular complexity index is 990. The third-order valence-electron chi connectivity index (χ3n) is 8.79. The van der Waals surface area contributed by atoms with Gasteiger partial charge in [-0.25, -0.2) is 0 Å². The van der Waals surface area contributed by atoms with E-state index in [1.807, 2.05) is 67.6 Å². The molecule has 2 aromatic carbocycles. The average molecular weight is 419 g/mol. The molecule has 0 amide bonds. The van der Waals surface area contributed by atoms with Crippen LogP contribution in [0.4, 0.5) is 0 Å². The van der Waals surface area contributed by atoms with Crippen LogP contribution in [0.5, 0.6) is 0 Å². The van der Waals surface area contributed by atoms with Crippen molar-refractivity contribution in [3.63, 3.8) is 0 Å². The number of fused-ring (bicyclic) bond motifs is 2. The summed E-state index contributed by atoms with van der Waals surface area (Å²) in [5.41, 5.74) is 1.63. The van der Waals surface area contributed by atoms with Crippen molar-refractivity contribution >= 4 is 5.97 Å². The Balaban J connectivity index is 1.29. The van der Waals surface area contributed by atoms with Crippen molar-refractivity contribution in [2.45, 2.75) is 55.5 Å². The number of nitrogens with zero attached hydrogens (tertiary/aromatic N) is 1. The van der Waals surface area contributed by atoms with E-state index in [0.29, 0.717) is 18.1 Å². The number of epoxide rings is 1. The van der Waals surface area contributed by atoms with Crippen molar-refractivity contribution < 1.29 is 18.8 Å². The second-order valence-corrected chi connectivity index (χ2v) is 11.3. The van der Waals surface area contributed by atoms with Gasteiger partial charge in [0.15, 0.2) is 0 Å². The number of ether oxygens (including phenoxy) is 2. The van der Waals surface area contributed by atoms with Gasteiger partial charge in [0.25, 0.3) is 0 Å². The fourth-order valence-electron chi connectivity index (χ4n) is 7.23. The predicted octanol–water partition coefficient (Wildman–Crippen LogP) is 3.93. The summed E-state index contributed by atoms with van der Waals surface area (Å²) in [6, 6.07) is 20.6. The zero-order valence-corrected chi connectivity index (χ0v) is 18.9. The minimum Gasteiger partial charge on any atom is -0.461 e. The van der Waals surface area contributed by atoms with Gasteiger partial charge in [0, 0.05) is 17.8 Å². The molecule has 0 aromatic heterocycles. The van der Waals surface area contributed by atoms with Crippen LogP contribution in [0.2, 0.25) is 0 Å². The highest BCUT2D eigenvalue weighted by atomic mass is 16.7. The van der Waals surface area contributed by atoms with Crippen molar-refractivity contribution in [2.75, 3.05) is 21.1 Å². The van der Waals surface area contributed by atoms with Gasteiger partial charge in [0.05, 0.1) is 33.3 Å². The zero-order valence-electron chi connectivity index (χ0n) is 18.9. The van der Waals surface area contributed by atoms with E-state index in [0.717, 1.165) is 34.9 Å². The Labute approximate surface area is 184 Å². The van der Waals surface area contributed by atoms with Gasteiger partial charge in [-0.3, -0.25) is 4.79 Å². The van der Waals surface area contributed by atoms with Crippen LogP contribution in [-0.2, 0) is 19.7 Å². The molecular weight excluding hydrogens is 386 g/mol. The zero-order chi connectivity index (χ0) is 21.6. The molecule has 3 aliphatic carbocycles. The number of quaternary nitrogens is 1. The van der Waals surface area contributed by atoms with Crippen molar-refractivity contribution in [3.8, 4) is 0 Å². The van der Waals surface area contributed by atoms with Gasteiger partial charge in [-0.1, -0.05) is 60.7 Å². The maximum Gasteiger partial charge on any atom is 0.321 e. The molecule has 4 nitrogen and oxygen atoms in total. The Morgan fingerprint density at radius 3 is 2.03 bits per heavy atom. The maximum atomic E-state index is 13.8. The summed E-state index contributed by atoms with van der Waals surface area (Å²) >= 11 is 0. The van der Waals surface area contributed by atoms with Crippen LogP contribution >= 0.6 is 0 Å². The lowest BCUT2D eigenvalue weighted by Gasteiger charge is -2.50. The summed E-state index contributed by atoms with van der Waals surface area (Å²) in [7, 11) is 6.86. The van der Waals surface area contributed by atoms with Gasteiger partial charge in [-0.05, 0) is 30.9 Å². The molecular formula is C27H32NO3+. The second-order valence-electron chi connectivity index (χ2n) is 11.3. The Kier molecular flexibility index (Phi) is 3.77. The molecule has 1 saturated heterocycles. The number of carbonyl (C=O) groups is 1. The van der Waals surface area contributed by atoms with E-state index in [4.69, 9.17) is 9.47 Å². The van der Waals surface area contributed by atoms with E-state index < -0.39 is 5.41 Å². The van der Waals surface area contributed by atoms with E-state index >= 15 is 0 Å². The molecule has 162 valence electrons. The molecule has 4 heteroatoms. The fourth-order valence-corrected chi connectivity index (χ4v) is 7.23. The fraction of sp³-hybridized carbons (Fsp3) is 0.519. The third kappa shape index (κ3) is 2.52. The summed E-state index contributed by atoms with van der Waals surface area (Å²) in [6.07, 6.45) is 3.53. The molecule has 31 heavy (non-hydrogen) atoms. The molecule has 0 N–H and O–H groups in total. The summed E-state index contributed by atoms with van der Waals surface area (Å²) in [6.45, 7) is 2.00. The van der Waals surface area contributed by atoms with Crippen molar-refractivity contribution in [1.29, 1.82) is 0 Å². The van der Waals surface area contributed by atoms with Gasteiger partial charge in [-0.2, -0.15) is 0 Å². The van der Waals surface area contributed by atoms with E-state index in [9.17, 15) is 4.79 Å². The van der Waals surface area contributed by atoms with Crippen LogP contribution in [0.15, 0.2) is 60.7 Å². The first-order valence-corrected chi connectivity index (χ1v) is 11.5. The number of esters is 1. The first kappa shape index (κ1) is 19.5. The van der Waals surface area contributed by atoms with Gasteiger partial charge in [0.2, 0.25) is 0 Å². The molecule has 0 bridgehead atoms. The molecule has 0 radical (unpaired) electrons. The van der Waals surface area contributed by atoms with E-state index in [1.165, 1.54) is 0 Å². The molecule has 2 spiro atoms. The summed E-state index contributed by atoms with van der Waals surface area (Å²) in [5, 5.41) is 0. The molecule has 1 heterocycles. The molecule has 4 aliphatic rings. The van der Waals surface area contributed by atoms with Crippen LogP contribution in [-0.4, -0.2) is 55.4 Å². The van der Waals surface area contributed by atoms with Crippen LogP contribution in [0.1, 0.15) is 37.3 Å². The Hall–Kier alpha value is -2.17. The molecule has 4 fully saturated rings. The van der Waals surface area contributed by atoms with Crippen LogP contribution < -0.4 is 0 Å². The minimum absolute atomic E-state index is 0.0288. The lowest BCUT2D eigenvalue weighted by molar-refractivity contribution is -0.904. The molecule has 6 rings (SSSR count). The molecule has 6 atom stereocenters. The number of hydrogen-bond donors (Lipinski definition) is 0. The van der Waals surface area contributed by atoms with E-state index in [-0.39, 0.29) is 23.1 Å².